The maximum atomic E-state index is 12.5. The third kappa shape index (κ3) is 9.86. The molecule has 3 nitrogen and oxygen atoms in total. The van der Waals surface area contributed by atoms with Crippen LogP contribution < -0.4 is 0 Å². The summed E-state index contributed by atoms with van der Waals surface area (Å²) in [7, 11) is -2.67. The first kappa shape index (κ1) is 20.0. The van der Waals surface area contributed by atoms with Gasteiger partial charge in [-0.05, 0) is 25.7 Å². The zero-order valence-corrected chi connectivity index (χ0v) is 14.6. The molecule has 0 atom stereocenters. The van der Waals surface area contributed by atoms with Crippen molar-refractivity contribution in [2.45, 2.75) is 71.8 Å². The second-order valence-corrected chi connectivity index (χ2v) is 7.81. The lowest BCUT2D eigenvalue weighted by atomic mass is 10.4. The molecule has 0 aromatic carbocycles. The van der Waals surface area contributed by atoms with Gasteiger partial charge in [0.15, 0.2) is 0 Å². The van der Waals surface area contributed by atoms with E-state index in [1.54, 1.807) is 0 Å². The van der Waals surface area contributed by atoms with Crippen molar-refractivity contribution in [3.8, 4) is 0 Å². The number of unbranched alkanes of at least 4 members (excludes halogenated alkanes) is 3. The lowest BCUT2D eigenvalue weighted by Crippen LogP contribution is -2.46. The zero-order valence-electron chi connectivity index (χ0n) is 13.6. The summed E-state index contributed by atoms with van der Waals surface area (Å²) in [4.78, 5) is 0. The van der Waals surface area contributed by atoms with E-state index in [4.69, 9.17) is 13.3 Å². The van der Waals surface area contributed by atoms with Crippen molar-refractivity contribution in [3.05, 3.63) is 0 Å². The first-order valence-electron chi connectivity index (χ1n) is 8.22. The first-order chi connectivity index (χ1) is 9.74. The number of alkyl halides is 1. The highest BCUT2D eigenvalue weighted by Gasteiger charge is 2.40. The molecule has 0 aliphatic carbocycles. The standard InChI is InChI=1S/C15H33FO3Si/c1-4-7-12-17-20(15-10-11-16,18-13-8-5-2)19-14-9-6-3/h4-15H2,1-3H3. The highest BCUT2D eigenvalue weighted by Crippen LogP contribution is 2.20. The Bertz CT molecular complexity index is 179. The van der Waals surface area contributed by atoms with Crippen LogP contribution >= 0.6 is 0 Å². The fraction of sp³-hybridized carbons (Fsp3) is 1.00. The van der Waals surface area contributed by atoms with Crippen molar-refractivity contribution < 1.29 is 17.7 Å². The van der Waals surface area contributed by atoms with Crippen molar-refractivity contribution in [1.82, 2.24) is 0 Å². The number of halogens is 1. The third-order valence-corrected chi connectivity index (χ3v) is 5.97. The predicted octanol–water partition coefficient (Wildman–Crippen LogP) is 4.74. The molecular formula is C15H33FO3Si. The summed E-state index contributed by atoms with van der Waals surface area (Å²) in [5, 5.41) is 0. The summed E-state index contributed by atoms with van der Waals surface area (Å²) in [6.07, 6.45) is 6.71. The van der Waals surface area contributed by atoms with Crippen LogP contribution in [0.5, 0.6) is 0 Å². The third-order valence-electron chi connectivity index (χ3n) is 3.08. The van der Waals surface area contributed by atoms with Gasteiger partial charge in [0.25, 0.3) is 0 Å². The van der Waals surface area contributed by atoms with E-state index in [2.05, 4.69) is 20.8 Å². The Labute approximate surface area is 125 Å². The molecule has 0 aliphatic rings. The first-order valence-corrected chi connectivity index (χ1v) is 10.2. The van der Waals surface area contributed by atoms with Crippen LogP contribution in [-0.2, 0) is 13.3 Å². The maximum Gasteiger partial charge on any atom is 0.501 e. The van der Waals surface area contributed by atoms with E-state index in [1.807, 2.05) is 0 Å². The SMILES string of the molecule is CCCCO[Si](CCCF)(OCCCC)OCCCC. The Kier molecular flexibility index (Phi) is 14.0. The molecule has 0 spiro atoms. The molecule has 122 valence electrons. The van der Waals surface area contributed by atoms with Crippen LogP contribution in [0.25, 0.3) is 0 Å². The van der Waals surface area contributed by atoms with Gasteiger partial charge in [0, 0.05) is 25.9 Å². The molecule has 0 aromatic heterocycles. The van der Waals surface area contributed by atoms with Gasteiger partial charge < -0.3 is 13.3 Å². The van der Waals surface area contributed by atoms with Gasteiger partial charge in [0.2, 0.25) is 0 Å². The zero-order chi connectivity index (χ0) is 15.1. The van der Waals surface area contributed by atoms with E-state index in [0.29, 0.717) is 32.3 Å². The largest absolute Gasteiger partial charge is 0.501 e. The molecule has 0 amide bonds. The fourth-order valence-electron chi connectivity index (χ4n) is 1.74. The number of hydrogen-bond donors (Lipinski definition) is 0. The van der Waals surface area contributed by atoms with Crippen molar-refractivity contribution in [2.75, 3.05) is 26.5 Å². The topological polar surface area (TPSA) is 27.7 Å². The van der Waals surface area contributed by atoms with E-state index in [-0.39, 0.29) is 6.67 Å². The van der Waals surface area contributed by atoms with Crippen molar-refractivity contribution in [3.63, 3.8) is 0 Å². The molecule has 0 aromatic rings. The molecule has 0 saturated carbocycles. The van der Waals surface area contributed by atoms with Crippen molar-refractivity contribution in [1.29, 1.82) is 0 Å². The Morgan fingerprint density at radius 1 is 0.700 bits per heavy atom. The van der Waals surface area contributed by atoms with Crippen LogP contribution in [0.2, 0.25) is 6.04 Å². The Morgan fingerprint density at radius 2 is 1.10 bits per heavy atom. The molecule has 0 fully saturated rings. The number of hydrogen-bond acceptors (Lipinski definition) is 3. The monoisotopic (exact) mass is 308 g/mol. The molecule has 0 unspecified atom stereocenters. The number of rotatable bonds is 15. The average molecular weight is 309 g/mol. The lowest BCUT2D eigenvalue weighted by molar-refractivity contribution is 0.0554. The Morgan fingerprint density at radius 3 is 1.40 bits per heavy atom. The molecule has 0 saturated heterocycles. The molecular weight excluding hydrogens is 275 g/mol. The summed E-state index contributed by atoms with van der Waals surface area (Å²) >= 11 is 0. The Balaban J connectivity index is 4.48. The molecule has 0 rings (SSSR count). The smallest absolute Gasteiger partial charge is 0.373 e. The van der Waals surface area contributed by atoms with Crippen LogP contribution in [0.3, 0.4) is 0 Å². The maximum absolute atomic E-state index is 12.5. The van der Waals surface area contributed by atoms with Gasteiger partial charge >= 0.3 is 8.80 Å². The van der Waals surface area contributed by atoms with Crippen LogP contribution in [0.15, 0.2) is 0 Å². The van der Waals surface area contributed by atoms with Gasteiger partial charge in [0.05, 0.1) is 6.67 Å². The lowest BCUT2D eigenvalue weighted by Gasteiger charge is -2.29. The second kappa shape index (κ2) is 14.0. The van der Waals surface area contributed by atoms with Crippen molar-refractivity contribution in [2.24, 2.45) is 0 Å². The fourth-order valence-corrected chi connectivity index (χ4v) is 4.36. The summed E-state index contributed by atoms with van der Waals surface area (Å²) in [5.41, 5.74) is 0. The normalized spacial score (nSPS) is 12.0. The van der Waals surface area contributed by atoms with Crippen LogP contribution in [-0.4, -0.2) is 35.3 Å². The van der Waals surface area contributed by atoms with E-state index in [1.165, 1.54) is 0 Å². The minimum atomic E-state index is -2.67. The molecule has 0 N–H and O–H groups in total. The molecule has 0 heterocycles. The van der Waals surface area contributed by atoms with Crippen molar-refractivity contribution >= 4 is 8.80 Å². The molecule has 20 heavy (non-hydrogen) atoms. The summed E-state index contributed by atoms with van der Waals surface area (Å²) < 4.78 is 30.5. The summed E-state index contributed by atoms with van der Waals surface area (Å²) in [6.45, 7) is 8.03. The van der Waals surface area contributed by atoms with Gasteiger partial charge in [-0.3, -0.25) is 4.39 Å². The summed E-state index contributed by atoms with van der Waals surface area (Å²) in [5.74, 6) is 0. The Hall–Kier alpha value is 0.0269. The van der Waals surface area contributed by atoms with E-state index < -0.39 is 8.80 Å². The van der Waals surface area contributed by atoms with Gasteiger partial charge in [-0.2, -0.15) is 0 Å². The highest BCUT2D eigenvalue weighted by molar-refractivity contribution is 6.60. The van der Waals surface area contributed by atoms with Gasteiger partial charge in [-0.15, -0.1) is 0 Å². The van der Waals surface area contributed by atoms with Crippen LogP contribution in [0.4, 0.5) is 4.39 Å². The van der Waals surface area contributed by atoms with Gasteiger partial charge in [-0.25, -0.2) is 0 Å². The molecule has 0 radical (unpaired) electrons. The highest BCUT2D eigenvalue weighted by atomic mass is 28.4. The van der Waals surface area contributed by atoms with E-state index in [9.17, 15) is 4.39 Å². The predicted molar refractivity (Wildman–Crippen MR) is 83.7 cm³/mol. The molecule has 5 heteroatoms. The van der Waals surface area contributed by atoms with Crippen LogP contribution in [0.1, 0.15) is 65.7 Å². The van der Waals surface area contributed by atoms with Crippen LogP contribution in [0, 0.1) is 0 Å². The minimum absolute atomic E-state index is 0.333. The minimum Gasteiger partial charge on any atom is -0.373 e. The van der Waals surface area contributed by atoms with E-state index in [0.717, 1.165) is 38.5 Å². The second-order valence-electron chi connectivity index (χ2n) is 5.08. The quantitative estimate of drug-likeness (QED) is 0.323. The molecule has 0 aliphatic heterocycles. The average Bonchev–Trinajstić information content (AvgIpc) is 2.46. The summed E-state index contributed by atoms with van der Waals surface area (Å²) in [6, 6.07) is 0.598. The van der Waals surface area contributed by atoms with Gasteiger partial charge in [-0.1, -0.05) is 40.0 Å². The van der Waals surface area contributed by atoms with Gasteiger partial charge in [0.1, 0.15) is 0 Å². The molecule has 0 bridgehead atoms. The van der Waals surface area contributed by atoms with E-state index >= 15 is 0 Å².